The maximum atomic E-state index is 11.7. The molecule has 1 amide bonds. The molecule has 0 spiro atoms. The largest absolute Gasteiger partial charge is 0.302 e. The third-order valence-electron chi connectivity index (χ3n) is 2.54. The molecule has 6 nitrogen and oxygen atoms in total. The number of likely N-dealkylation sites (N-methyl/N-ethyl adjacent to an activating group) is 1. The minimum absolute atomic E-state index is 0.0826. The van der Waals surface area contributed by atoms with Crippen molar-refractivity contribution in [3.63, 3.8) is 0 Å². The van der Waals surface area contributed by atoms with Gasteiger partial charge in [-0.2, -0.15) is 0 Å². The standard InChI is InChI=1S/C11H20N4O2/c1-5-14(6-2)7-10(16)12-11-8-15(9(3)4)13-17-11/h8-9H,5-7H2,1-4H3/p+1. The fourth-order valence-electron chi connectivity index (χ4n) is 1.38. The molecule has 0 aliphatic heterocycles. The molecule has 1 N–H and O–H groups in total. The lowest BCUT2D eigenvalue weighted by molar-refractivity contribution is -0.779. The Labute approximate surface area is 102 Å². The molecule has 0 radical (unpaired) electrons. The number of nitrogens with zero attached hydrogens (tertiary/aromatic N) is 3. The third kappa shape index (κ3) is 4.14. The van der Waals surface area contributed by atoms with Crippen LogP contribution in [0.5, 0.6) is 0 Å². The smallest absolute Gasteiger partial charge is 0.295 e. The van der Waals surface area contributed by atoms with Crippen LogP contribution in [0.1, 0.15) is 33.7 Å². The highest BCUT2D eigenvalue weighted by Crippen LogP contribution is 2.02. The molecular weight excluding hydrogens is 220 g/mol. The molecule has 1 aromatic rings. The monoisotopic (exact) mass is 241 g/mol. The maximum absolute atomic E-state index is 11.7. The van der Waals surface area contributed by atoms with Crippen molar-refractivity contribution in [1.29, 1.82) is 0 Å². The van der Waals surface area contributed by atoms with Crippen LogP contribution in [0.25, 0.3) is 0 Å². The number of anilines is 1. The topological polar surface area (TPSA) is 62.3 Å². The van der Waals surface area contributed by atoms with Crippen molar-refractivity contribution in [3.05, 3.63) is 6.20 Å². The average molecular weight is 241 g/mol. The Morgan fingerprint density at radius 2 is 2.18 bits per heavy atom. The second-order valence-corrected chi connectivity index (χ2v) is 4.15. The van der Waals surface area contributed by atoms with Gasteiger partial charge in [-0.1, -0.05) is 13.8 Å². The number of rotatable bonds is 6. The Morgan fingerprint density at radius 3 is 2.65 bits per heavy atom. The Bertz CT molecular complexity index is 358. The average Bonchev–Trinajstić information content (AvgIpc) is 2.74. The summed E-state index contributed by atoms with van der Waals surface area (Å²) in [5, 5.41) is 6.49. The van der Waals surface area contributed by atoms with Crippen molar-refractivity contribution in [1.82, 2.24) is 10.2 Å². The van der Waals surface area contributed by atoms with Gasteiger partial charge >= 0.3 is 5.88 Å². The van der Waals surface area contributed by atoms with Gasteiger partial charge in [0.15, 0.2) is 6.04 Å². The van der Waals surface area contributed by atoms with Crippen LogP contribution in [-0.4, -0.2) is 35.7 Å². The zero-order valence-corrected chi connectivity index (χ0v) is 10.9. The van der Waals surface area contributed by atoms with Crippen LogP contribution in [0.3, 0.4) is 0 Å². The lowest BCUT2D eigenvalue weighted by Crippen LogP contribution is -2.37. The summed E-state index contributed by atoms with van der Waals surface area (Å²) in [6.45, 7) is 10.1. The van der Waals surface area contributed by atoms with Gasteiger partial charge in [-0.3, -0.25) is 19.5 Å². The molecule has 1 heterocycles. The first-order valence-electron chi connectivity index (χ1n) is 5.97. The van der Waals surface area contributed by atoms with E-state index in [9.17, 15) is 4.79 Å². The van der Waals surface area contributed by atoms with Crippen molar-refractivity contribution >= 4 is 11.8 Å². The summed E-state index contributed by atoms with van der Waals surface area (Å²) in [7, 11) is 0. The number of carbonyl (C=O) groups is 1. The molecular formula is C11H21N4O2+. The van der Waals surface area contributed by atoms with Gasteiger partial charge in [0.25, 0.3) is 6.20 Å². The molecule has 1 rings (SSSR count). The van der Waals surface area contributed by atoms with Crippen LogP contribution in [0, 0.1) is 0 Å². The van der Waals surface area contributed by atoms with Gasteiger partial charge in [-0.05, 0) is 31.6 Å². The van der Waals surface area contributed by atoms with Crippen LogP contribution >= 0.6 is 0 Å². The minimum Gasteiger partial charge on any atom is -0.295 e. The van der Waals surface area contributed by atoms with Gasteiger partial charge in [0.1, 0.15) is 0 Å². The normalized spacial score (nSPS) is 11.2. The number of amides is 1. The van der Waals surface area contributed by atoms with Crippen LogP contribution in [-0.2, 0) is 4.79 Å². The zero-order chi connectivity index (χ0) is 12.8. The highest BCUT2D eigenvalue weighted by atomic mass is 16.5. The molecule has 0 fully saturated rings. The van der Waals surface area contributed by atoms with E-state index in [1.54, 1.807) is 10.9 Å². The predicted molar refractivity (Wildman–Crippen MR) is 63.5 cm³/mol. The van der Waals surface area contributed by atoms with Crippen molar-refractivity contribution in [2.45, 2.75) is 33.7 Å². The summed E-state index contributed by atoms with van der Waals surface area (Å²) >= 11 is 0. The van der Waals surface area contributed by atoms with Gasteiger partial charge in [-0.15, -0.1) is 0 Å². The molecule has 0 saturated carbocycles. The quantitative estimate of drug-likeness (QED) is 0.749. The number of aromatic nitrogens is 2. The SMILES string of the molecule is CCN(CC)CC(=O)Nc1c[n+](C(C)C)no1. The van der Waals surface area contributed by atoms with Crippen molar-refractivity contribution in [3.8, 4) is 0 Å². The highest BCUT2D eigenvalue weighted by Gasteiger charge is 2.17. The van der Waals surface area contributed by atoms with Gasteiger partial charge in [0, 0.05) is 0 Å². The molecule has 0 atom stereocenters. The minimum atomic E-state index is -0.0826. The lowest BCUT2D eigenvalue weighted by atomic mass is 10.4. The summed E-state index contributed by atoms with van der Waals surface area (Å²) in [6, 6.07) is 0.215. The predicted octanol–water partition coefficient (Wildman–Crippen LogP) is 0.823. The Morgan fingerprint density at radius 1 is 1.53 bits per heavy atom. The molecule has 17 heavy (non-hydrogen) atoms. The summed E-state index contributed by atoms with van der Waals surface area (Å²) in [5.74, 6) is 0.302. The molecule has 0 unspecified atom stereocenters. The van der Waals surface area contributed by atoms with Crippen LogP contribution in [0.4, 0.5) is 5.88 Å². The second-order valence-electron chi connectivity index (χ2n) is 4.15. The van der Waals surface area contributed by atoms with Crippen molar-refractivity contribution in [2.24, 2.45) is 0 Å². The third-order valence-corrected chi connectivity index (χ3v) is 2.54. The van der Waals surface area contributed by atoms with Crippen molar-refractivity contribution < 1.29 is 14.0 Å². The van der Waals surface area contributed by atoms with E-state index in [0.29, 0.717) is 12.4 Å². The highest BCUT2D eigenvalue weighted by molar-refractivity contribution is 5.90. The summed E-state index contributed by atoms with van der Waals surface area (Å²) < 4.78 is 6.67. The molecule has 0 aliphatic carbocycles. The van der Waals surface area contributed by atoms with Crippen LogP contribution in [0.15, 0.2) is 10.7 Å². The van der Waals surface area contributed by atoms with E-state index in [1.165, 1.54) is 0 Å². The first-order chi connectivity index (χ1) is 8.06. The number of carbonyl (C=O) groups excluding carboxylic acids is 1. The summed E-state index contributed by atoms with van der Waals surface area (Å²) in [6.07, 6.45) is 1.69. The van der Waals surface area contributed by atoms with E-state index in [1.807, 2.05) is 32.6 Å². The molecule has 0 bridgehead atoms. The van der Waals surface area contributed by atoms with E-state index < -0.39 is 0 Å². The number of hydrogen-bond acceptors (Lipinski definition) is 4. The van der Waals surface area contributed by atoms with Gasteiger partial charge in [0.2, 0.25) is 11.2 Å². The molecule has 96 valence electrons. The summed E-state index contributed by atoms with van der Waals surface area (Å²) in [4.78, 5) is 13.7. The van der Waals surface area contributed by atoms with Gasteiger partial charge in [0.05, 0.1) is 6.54 Å². The first-order valence-corrected chi connectivity index (χ1v) is 5.97. The molecule has 6 heteroatoms. The molecule has 0 saturated heterocycles. The first kappa shape index (κ1) is 13.6. The van der Waals surface area contributed by atoms with E-state index in [-0.39, 0.29) is 11.9 Å². The van der Waals surface area contributed by atoms with E-state index in [0.717, 1.165) is 13.1 Å². The second kappa shape index (κ2) is 6.34. The Hall–Kier alpha value is -1.43. The van der Waals surface area contributed by atoms with E-state index in [4.69, 9.17) is 4.52 Å². The Balaban J connectivity index is 2.50. The van der Waals surface area contributed by atoms with Gasteiger partial charge < -0.3 is 0 Å². The van der Waals surface area contributed by atoms with E-state index >= 15 is 0 Å². The molecule has 0 aliphatic rings. The van der Waals surface area contributed by atoms with Crippen LogP contribution in [0.2, 0.25) is 0 Å². The lowest BCUT2D eigenvalue weighted by Gasteiger charge is -2.15. The van der Waals surface area contributed by atoms with Crippen LogP contribution < -0.4 is 10.00 Å². The maximum Gasteiger partial charge on any atom is 0.302 e. The fourth-order valence-corrected chi connectivity index (χ4v) is 1.38. The molecule has 0 aromatic carbocycles. The molecule has 1 aromatic heterocycles. The van der Waals surface area contributed by atoms with Crippen molar-refractivity contribution in [2.75, 3.05) is 25.0 Å². The fraction of sp³-hybridized carbons (Fsp3) is 0.727. The number of hydrogen-bond donors (Lipinski definition) is 1. The van der Waals surface area contributed by atoms with E-state index in [2.05, 4.69) is 10.6 Å². The zero-order valence-electron chi connectivity index (χ0n) is 10.9. The summed E-state index contributed by atoms with van der Waals surface area (Å²) in [5.41, 5.74) is 0. The number of nitrogens with one attached hydrogen (secondary N) is 1. The van der Waals surface area contributed by atoms with Gasteiger partial charge in [-0.25, -0.2) is 0 Å². The Kier molecular flexibility index (Phi) is 5.09.